The molecule has 1 fully saturated rings. The molecule has 0 saturated carbocycles. The van der Waals surface area contributed by atoms with E-state index in [1.54, 1.807) is 37.6 Å². The second-order valence-electron chi connectivity index (χ2n) is 8.90. The topological polar surface area (TPSA) is 100.0 Å². The molecule has 2 aromatic carbocycles. The van der Waals surface area contributed by atoms with Gasteiger partial charge < -0.3 is 19.8 Å². The van der Waals surface area contributed by atoms with Crippen LogP contribution in [0.2, 0.25) is 0 Å². The molecule has 1 atom stereocenters. The number of carbonyl (C=O) groups is 2. The normalized spacial score (nSPS) is 17.3. The molecule has 0 bridgehead atoms. The van der Waals surface area contributed by atoms with Gasteiger partial charge in [-0.15, -0.1) is 0 Å². The summed E-state index contributed by atoms with van der Waals surface area (Å²) in [6.07, 6.45) is 1.62. The summed E-state index contributed by atoms with van der Waals surface area (Å²) in [4.78, 5) is 32.2. The van der Waals surface area contributed by atoms with Crippen LogP contribution in [0.3, 0.4) is 0 Å². The number of aryl methyl sites for hydroxylation is 1. The van der Waals surface area contributed by atoms with Gasteiger partial charge in [0.1, 0.15) is 17.3 Å². The second-order valence-corrected chi connectivity index (χ2v) is 8.90. The largest absolute Gasteiger partial charge is 0.508 e. The SMILES string of the molecule is COc1cc(C)c(/C(O)=C2\C(=O)C(=O)N(Cc3ccccn3)C2c2ccc(O)cc2)cc1C(C)C. The van der Waals surface area contributed by atoms with E-state index in [2.05, 4.69) is 4.98 Å². The van der Waals surface area contributed by atoms with E-state index in [0.717, 1.165) is 5.56 Å². The van der Waals surface area contributed by atoms with Crippen molar-refractivity contribution in [2.24, 2.45) is 0 Å². The fourth-order valence-corrected chi connectivity index (χ4v) is 4.44. The molecule has 4 rings (SSSR count). The van der Waals surface area contributed by atoms with Gasteiger partial charge in [0.2, 0.25) is 0 Å². The number of ketones is 1. The van der Waals surface area contributed by atoms with Gasteiger partial charge >= 0.3 is 0 Å². The van der Waals surface area contributed by atoms with Crippen molar-refractivity contribution < 1.29 is 24.5 Å². The van der Waals surface area contributed by atoms with E-state index >= 15 is 0 Å². The molecule has 180 valence electrons. The molecule has 1 aromatic heterocycles. The summed E-state index contributed by atoms with van der Waals surface area (Å²) in [7, 11) is 1.59. The molecule has 3 aromatic rings. The van der Waals surface area contributed by atoms with Gasteiger partial charge in [-0.25, -0.2) is 0 Å². The molecule has 2 heterocycles. The van der Waals surface area contributed by atoms with E-state index in [-0.39, 0.29) is 29.5 Å². The number of methoxy groups -OCH3 is 1. The van der Waals surface area contributed by atoms with Crippen LogP contribution in [0.5, 0.6) is 11.5 Å². The Kier molecular flexibility index (Phi) is 6.60. The molecule has 35 heavy (non-hydrogen) atoms. The van der Waals surface area contributed by atoms with Crippen LogP contribution in [0, 0.1) is 6.92 Å². The van der Waals surface area contributed by atoms with Crippen molar-refractivity contribution >= 4 is 17.4 Å². The fraction of sp³-hybridized carbons (Fsp3) is 0.250. The average molecular weight is 473 g/mol. The smallest absolute Gasteiger partial charge is 0.296 e. The first-order valence-corrected chi connectivity index (χ1v) is 11.4. The van der Waals surface area contributed by atoms with Crippen LogP contribution in [-0.4, -0.2) is 38.9 Å². The zero-order valence-corrected chi connectivity index (χ0v) is 20.1. The van der Waals surface area contributed by atoms with E-state index in [9.17, 15) is 19.8 Å². The Balaban J connectivity index is 1.91. The van der Waals surface area contributed by atoms with E-state index in [1.807, 2.05) is 39.0 Å². The van der Waals surface area contributed by atoms with Crippen LogP contribution in [0.25, 0.3) is 5.76 Å². The predicted octanol–water partition coefficient (Wildman–Crippen LogP) is 4.85. The molecule has 7 nitrogen and oxygen atoms in total. The van der Waals surface area contributed by atoms with Crippen LogP contribution < -0.4 is 4.74 Å². The zero-order valence-electron chi connectivity index (χ0n) is 20.1. The highest BCUT2D eigenvalue weighted by molar-refractivity contribution is 6.46. The average Bonchev–Trinajstić information content (AvgIpc) is 3.09. The molecular formula is C28H28N2O5. The number of ether oxygens (including phenoxy) is 1. The lowest BCUT2D eigenvalue weighted by molar-refractivity contribution is -0.140. The zero-order chi connectivity index (χ0) is 25.3. The van der Waals surface area contributed by atoms with Crippen molar-refractivity contribution in [3.8, 4) is 11.5 Å². The Morgan fingerprint density at radius 2 is 1.83 bits per heavy atom. The third kappa shape index (κ3) is 4.49. The van der Waals surface area contributed by atoms with Gasteiger partial charge in [0.25, 0.3) is 11.7 Å². The van der Waals surface area contributed by atoms with Crippen LogP contribution in [0.15, 0.2) is 66.4 Å². The molecule has 1 aliphatic heterocycles. The fourth-order valence-electron chi connectivity index (χ4n) is 4.44. The Bertz CT molecular complexity index is 1300. The number of pyridine rings is 1. The number of aliphatic hydroxyl groups excluding tert-OH is 1. The summed E-state index contributed by atoms with van der Waals surface area (Å²) in [5.74, 6) is -0.866. The number of nitrogens with zero attached hydrogens (tertiary/aromatic N) is 2. The molecule has 2 N–H and O–H groups in total. The number of benzene rings is 2. The summed E-state index contributed by atoms with van der Waals surface area (Å²) in [5, 5.41) is 21.3. The molecule has 0 radical (unpaired) electrons. The second kappa shape index (κ2) is 9.62. The number of hydrogen-bond donors (Lipinski definition) is 2. The lowest BCUT2D eigenvalue weighted by Gasteiger charge is -2.25. The number of aliphatic hydroxyl groups is 1. The van der Waals surface area contributed by atoms with Gasteiger partial charge in [-0.1, -0.05) is 32.0 Å². The van der Waals surface area contributed by atoms with Crippen LogP contribution in [0.1, 0.15) is 53.8 Å². The molecular weight excluding hydrogens is 444 g/mol. The van der Waals surface area contributed by atoms with Crippen molar-refractivity contribution in [1.82, 2.24) is 9.88 Å². The lowest BCUT2D eigenvalue weighted by atomic mass is 9.91. The molecule has 1 aliphatic rings. The highest BCUT2D eigenvalue weighted by atomic mass is 16.5. The molecule has 0 aliphatic carbocycles. The Labute approximate surface area is 204 Å². The lowest BCUT2D eigenvalue weighted by Crippen LogP contribution is -2.29. The summed E-state index contributed by atoms with van der Waals surface area (Å²) in [6.45, 7) is 5.94. The first-order valence-electron chi connectivity index (χ1n) is 11.4. The number of rotatable bonds is 6. The quantitative estimate of drug-likeness (QED) is 0.302. The molecule has 1 amide bonds. The number of amides is 1. The number of aromatic hydroxyl groups is 1. The minimum atomic E-state index is -0.846. The maximum atomic E-state index is 13.3. The van der Waals surface area contributed by atoms with Gasteiger partial charge in [0.15, 0.2) is 0 Å². The van der Waals surface area contributed by atoms with E-state index in [1.165, 1.54) is 17.0 Å². The molecule has 0 spiro atoms. The monoisotopic (exact) mass is 472 g/mol. The van der Waals surface area contributed by atoms with Crippen molar-refractivity contribution in [2.75, 3.05) is 7.11 Å². The third-order valence-corrected chi connectivity index (χ3v) is 6.26. The number of aromatic nitrogens is 1. The van der Waals surface area contributed by atoms with Crippen molar-refractivity contribution in [3.63, 3.8) is 0 Å². The summed E-state index contributed by atoms with van der Waals surface area (Å²) in [6, 6.07) is 14.4. The van der Waals surface area contributed by atoms with Gasteiger partial charge in [0, 0.05) is 11.8 Å². The third-order valence-electron chi connectivity index (χ3n) is 6.26. The first kappa shape index (κ1) is 24.0. The van der Waals surface area contributed by atoms with Crippen LogP contribution in [0.4, 0.5) is 0 Å². The number of hydrogen-bond acceptors (Lipinski definition) is 6. The maximum absolute atomic E-state index is 13.3. The Morgan fingerprint density at radius 1 is 1.11 bits per heavy atom. The van der Waals surface area contributed by atoms with E-state index < -0.39 is 17.7 Å². The van der Waals surface area contributed by atoms with Gasteiger partial charge in [-0.2, -0.15) is 0 Å². The minimum Gasteiger partial charge on any atom is -0.508 e. The predicted molar refractivity (Wildman–Crippen MR) is 132 cm³/mol. The molecule has 7 heteroatoms. The van der Waals surface area contributed by atoms with Crippen LogP contribution >= 0.6 is 0 Å². The van der Waals surface area contributed by atoms with Crippen molar-refractivity contribution in [1.29, 1.82) is 0 Å². The summed E-state index contributed by atoms with van der Waals surface area (Å²) >= 11 is 0. The number of carbonyl (C=O) groups excluding carboxylic acids is 2. The number of likely N-dealkylation sites (tertiary alicyclic amines) is 1. The van der Waals surface area contributed by atoms with Crippen molar-refractivity contribution in [3.05, 3.63) is 94.3 Å². The van der Waals surface area contributed by atoms with E-state index in [4.69, 9.17) is 4.74 Å². The number of phenolic OH excluding ortho intramolecular Hbond substituents is 1. The standard InChI is InChI=1S/C28H28N2O5/c1-16(2)21-14-22(17(3)13-23(21)35-4)26(32)24-25(18-8-10-20(31)11-9-18)30(28(34)27(24)33)15-19-7-5-6-12-29-19/h5-14,16,25,31-32H,15H2,1-4H3/b26-24+. The summed E-state index contributed by atoms with van der Waals surface area (Å²) < 4.78 is 5.51. The molecule has 1 saturated heterocycles. The van der Waals surface area contributed by atoms with Gasteiger partial charge in [0.05, 0.1) is 31.0 Å². The highest BCUT2D eigenvalue weighted by Crippen LogP contribution is 2.42. The summed E-state index contributed by atoms with van der Waals surface area (Å²) in [5.41, 5.74) is 3.26. The Morgan fingerprint density at radius 3 is 2.43 bits per heavy atom. The van der Waals surface area contributed by atoms with Crippen LogP contribution in [-0.2, 0) is 16.1 Å². The first-order chi connectivity index (χ1) is 16.7. The van der Waals surface area contributed by atoms with Crippen molar-refractivity contribution in [2.45, 2.75) is 39.3 Å². The maximum Gasteiger partial charge on any atom is 0.296 e. The highest BCUT2D eigenvalue weighted by Gasteiger charge is 2.46. The number of Topliss-reactive ketones (excluding diaryl/α,β-unsaturated/α-hetero) is 1. The Hall–Kier alpha value is -4.13. The molecule has 1 unspecified atom stereocenters. The minimum absolute atomic E-state index is 0.000376. The number of phenols is 1. The van der Waals surface area contributed by atoms with E-state index in [0.29, 0.717) is 28.1 Å². The van der Waals surface area contributed by atoms with Gasteiger partial charge in [-0.3, -0.25) is 14.6 Å². The van der Waals surface area contributed by atoms with Gasteiger partial charge in [-0.05, 0) is 65.9 Å².